The number of anilines is 2. The summed E-state index contributed by atoms with van der Waals surface area (Å²) in [5.41, 5.74) is 9.29. The standard InChI is InChI=1S/C16H24N4S/c1-4-20-7-5-6-12(20)10-19(3)15-9-14-16(8-13(15)17)21-11(2)18-14/h8-9,12H,4-7,10,17H2,1-3H3. The fourth-order valence-corrected chi connectivity index (χ4v) is 4.21. The topological polar surface area (TPSA) is 45.4 Å². The number of likely N-dealkylation sites (tertiary alicyclic amines) is 1. The summed E-state index contributed by atoms with van der Waals surface area (Å²) >= 11 is 1.71. The zero-order valence-corrected chi connectivity index (χ0v) is 13.9. The highest BCUT2D eigenvalue weighted by atomic mass is 32.1. The summed E-state index contributed by atoms with van der Waals surface area (Å²) in [5.74, 6) is 0. The molecule has 0 spiro atoms. The number of hydrogen-bond donors (Lipinski definition) is 1. The monoisotopic (exact) mass is 304 g/mol. The normalized spacial score (nSPS) is 19.5. The van der Waals surface area contributed by atoms with E-state index in [0.717, 1.165) is 35.0 Å². The van der Waals surface area contributed by atoms with Gasteiger partial charge in [-0.05, 0) is 45.0 Å². The van der Waals surface area contributed by atoms with Crippen molar-refractivity contribution in [1.29, 1.82) is 0 Å². The van der Waals surface area contributed by atoms with Gasteiger partial charge in [0, 0.05) is 19.6 Å². The molecule has 1 aromatic carbocycles. The van der Waals surface area contributed by atoms with Gasteiger partial charge in [0.2, 0.25) is 0 Å². The minimum atomic E-state index is 0.646. The van der Waals surface area contributed by atoms with E-state index in [-0.39, 0.29) is 0 Å². The molecule has 2 heterocycles. The van der Waals surface area contributed by atoms with Gasteiger partial charge >= 0.3 is 0 Å². The average molecular weight is 304 g/mol. The number of nitrogen functional groups attached to an aromatic ring is 1. The molecule has 5 heteroatoms. The van der Waals surface area contributed by atoms with Crippen LogP contribution in [-0.2, 0) is 0 Å². The van der Waals surface area contributed by atoms with Gasteiger partial charge in [0.25, 0.3) is 0 Å². The summed E-state index contributed by atoms with van der Waals surface area (Å²) in [4.78, 5) is 9.45. The van der Waals surface area contributed by atoms with Gasteiger partial charge in [0.1, 0.15) is 0 Å². The van der Waals surface area contributed by atoms with Gasteiger partial charge in [-0.2, -0.15) is 0 Å². The lowest BCUT2D eigenvalue weighted by molar-refractivity contribution is 0.270. The Kier molecular flexibility index (Phi) is 4.04. The van der Waals surface area contributed by atoms with E-state index in [9.17, 15) is 0 Å². The Hall–Kier alpha value is -1.33. The van der Waals surface area contributed by atoms with Crippen LogP contribution in [0.1, 0.15) is 24.8 Å². The number of nitrogens with two attached hydrogens (primary N) is 1. The molecule has 0 radical (unpaired) electrons. The predicted octanol–water partition coefficient (Wildman–Crippen LogP) is 3.11. The SMILES string of the molecule is CCN1CCCC1CN(C)c1cc2nc(C)sc2cc1N. The first kappa shape index (κ1) is 14.6. The van der Waals surface area contributed by atoms with Crippen molar-refractivity contribution in [3.63, 3.8) is 0 Å². The molecule has 3 rings (SSSR count). The summed E-state index contributed by atoms with van der Waals surface area (Å²) in [5, 5.41) is 1.09. The smallest absolute Gasteiger partial charge is 0.0907 e. The van der Waals surface area contributed by atoms with E-state index in [4.69, 9.17) is 5.73 Å². The second-order valence-electron chi connectivity index (χ2n) is 5.92. The van der Waals surface area contributed by atoms with Crippen molar-refractivity contribution in [1.82, 2.24) is 9.88 Å². The van der Waals surface area contributed by atoms with Crippen LogP contribution in [-0.4, -0.2) is 42.6 Å². The lowest BCUT2D eigenvalue weighted by Crippen LogP contribution is -2.38. The number of aromatic nitrogens is 1. The lowest BCUT2D eigenvalue weighted by atomic mass is 10.1. The zero-order valence-electron chi connectivity index (χ0n) is 13.1. The zero-order chi connectivity index (χ0) is 15.0. The number of aryl methyl sites for hydroxylation is 1. The Balaban J connectivity index is 1.83. The van der Waals surface area contributed by atoms with Gasteiger partial charge in [-0.15, -0.1) is 11.3 Å². The Morgan fingerprint density at radius 2 is 2.29 bits per heavy atom. The van der Waals surface area contributed by atoms with Gasteiger partial charge < -0.3 is 10.6 Å². The van der Waals surface area contributed by atoms with Crippen LogP contribution in [0.4, 0.5) is 11.4 Å². The molecule has 21 heavy (non-hydrogen) atoms. The molecule has 1 aromatic heterocycles. The second kappa shape index (κ2) is 5.81. The van der Waals surface area contributed by atoms with Gasteiger partial charge in [0.05, 0.1) is 26.6 Å². The van der Waals surface area contributed by atoms with Crippen molar-refractivity contribution >= 4 is 32.9 Å². The van der Waals surface area contributed by atoms with Gasteiger partial charge in [-0.1, -0.05) is 6.92 Å². The molecule has 2 N–H and O–H groups in total. The number of fused-ring (bicyclic) bond motifs is 1. The summed E-state index contributed by atoms with van der Waals surface area (Å²) in [6.07, 6.45) is 2.60. The maximum absolute atomic E-state index is 6.26. The molecule has 0 bridgehead atoms. The highest BCUT2D eigenvalue weighted by Gasteiger charge is 2.24. The van der Waals surface area contributed by atoms with Crippen molar-refractivity contribution in [2.45, 2.75) is 32.7 Å². The maximum Gasteiger partial charge on any atom is 0.0907 e. The first-order valence-corrected chi connectivity index (χ1v) is 8.52. The number of benzene rings is 1. The molecular weight excluding hydrogens is 280 g/mol. The molecule has 4 nitrogen and oxygen atoms in total. The number of likely N-dealkylation sites (N-methyl/N-ethyl adjacent to an activating group) is 2. The number of nitrogens with zero attached hydrogens (tertiary/aromatic N) is 3. The van der Waals surface area contributed by atoms with Crippen LogP contribution in [0.5, 0.6) is 0 Å². The molecule has 114 valence electrons. The van der Waals surface area contributed by atoms with Crippen molar-refractivity contribution in [3.05, 3.63) is 17.1 Å². The van der Waals surface area contributed by atoms with E-state index in [1.165, 1.54) is 24.1 Å². The van der Waals surface area contributed by atoms with Crippen molar-refractivity contribution < 1.29 is 0 Å². The summed E-state index contributed by atoms with van der Waals surface area (Å²) < 4.78 is 1.18. The first-order chi connectivity index (χ1) is 10.1. The summed E-state index contributed by atoms with van der Waals surface area (Å²) in [6, 6.07) is 4.85. The van der Waals surface area contributed by atoms with E-state index >= 15 is 0 Å². The quantitative estimate of drug-likeness (QED) is 0.882. The number of hydrogen-bond acceptors (Lipinski definition) is 5. The molecule has 0 aliphatic carbocycles. The number of rotatable bonds is 4. The fourth-order valence-electron chi connectivity index (χ4n) is 3.36. The van der Waals surface area contributed by atoms with Gasteiger partial charge in [0.15, 0.2) is 0 Å². The minimum absolute atomic E-state index is 0.646. The molecule has 1 aliphatic heterocycles. The molecule has 1 fully saturated rings. The Labute approximate surface area is 130 Å². The van der Waals surface area contributed by atoms with Gasteiger partial charge in [-0.25, -0.2) is 4.98 Å². The van der Waals surface area contributed by atoms with Crippen molar-refractivity contribution in [2.24, 2.45) is 0 Å². The average Bonchev–Trinajstić information content (AvgIpc) is 3.02. The third kappa shape index (κ3) is 2.85. The van der Waals surface area contributed by atoms with E-state index in [2.05, 4.69) is 40.9 Å². The molecule has 0 saturated carbocycles. The minimum Gasteiger partial charge on any atom is -0.397 e. The maximum atomic E-state index is 6.26. The number of thiazole rings is 1. The van der Waals surface area contributed by atoms with E-state index in [1.807, 2.05) is 6.92 Å². The van der Waals surface area contributed by atoms with E-state index in [1.54, 1.807) is 11.3 Å². The third-order valence-corrected chi connectivity index (χ3v) is 5.38. The molecule has 1 saturated heterocycles. The van der Waals surface area contributed by atoms with Crippen LogP contribution in [0.3, 0.4) is 0 Å². The van der Waals surface area contributed by atoms with Crippen molar-refractivity contribution in [2.75, 3.05) is 37.3 Å². The third-order valence-electron chi connectivity index (χ3n) is 4.44. The Morgan fingerprint density at radius 3 is 3.05 bits per heavy atom. The van der Waals surface area contributed by atoms with Crippen molar-refractivity contribution in [3.8, 4) is 0 Å². The fraction of sp³-hybridized carbons (Fsp3) is 0.562. The van der Waals surface area contributed by atoms with Crippen LogP contribution < -0.4 is 10.6 Å². The molecule has 1 aliphatic rings. The first-order valence-electron chi connectivity index (χ1n) is 7.70. The van der Waals surface area contributed by atoms with Crippen LogP contribution in [0.15, 0.2) is 12.1 Å². The predicted molar refractivity (Wildman–Crippen MR) is 92.3 cm³/mol. The lowest BCUT2D eigenvalue weighted by Gasteiger charge is -2.29. The Morgan fingerprint density at radius 1 is 1.48 bits per heavy atom. The van der Waals surface area contributed by atoms with Crippen LogP contribution in [0.25, 0.3) is 10.2 Å². The molecule has 1 atom stereocenters. The Bertz CT molecular complexity index is 636. The molecule has 2 aromatic rings. The van der Waals surface area contributed by atoms with E-state index < -0.39 is 0 Å². The molecule has 0 amide bonds. The van der Waals surface area contributed by atoms with Crippen LogP contribution in [0.2, 0.25) is 0 Å². The largest absolute Gasteiger partial charge is 0.397 e. The van der Waals surface area contributed by atoms with Gasteiger partial charge in [-0.3, -0.25) is 4.90 Å². The van der Waals surface area contributed by atoms with Crippen LogP contribution in [0, 0.1) is 6.92 Å². The molecular formula is C16H24N4S. The van der Waals surface area contributed by atoms with E-state index in [0.29, 0.717) is 6.04 Å². The highest BCUT2D eigenvalue weighted by Crippen LogP contribution is 2.32. The second-order valence-corrected chi connectivity index (χ2v) is 7.15. The van der Waals surface area contributed by atoms with Crippen LogP contribution >= 0.6 is 11.3 Å². The highest BCUT2D eigenvalue weighted by molar-refractivity contribution is 7.18. The molecule has 1 unspecified atom stereocenters. The summed E-state index contributed by atoms with van der Waals surface area (Å²) in [7, 11) is 2.14. The summed E-state index contributed by atoms with van der Waals surface area (Å²) in [6.45, 7) is 7.69.